The van der Waals surface area contributed by atoms with Crippen LogP contribution in [0.15, 0.2) is 79.0 Å². The van der Waals surface area contributed by atoms with Crippen LogP contribution >= 0.6 is 0 Å². The van der Waals surface area contributed by atoms with Crippen LogP contribution in [-0.2, 0) is 12.8 Å². The number of benzene rings is 3. The molecule has 0 aliphatic carbocycles. The fourth-order valence-electron chi connectivity index (χ4n) is 3.26. The van der Waals surface area contributed by atoms with Crippen LogP contribution in [0, 0.1) is 18.3 Å². The first-order chi connectivity index (χ1) is 13.7. The Morgan fingerprint density at radius 2 is 1.36 bits per heavy atom. The molecule has 1 heterocycles. The van der Waals surface area contributed by atoms with Crippen LogP contribution in [0.1, 0.15) is 33.8 Å². The average Bonchev–Trinajstić information content (AvgIpc) is 3.16. The molecule has 0 radical (unpaired) electrons. The Bertz CT molecular complexity index is 1100. The summed E-state index contributed by atoms with van der Waals surface area (Å²) in [7, 11) is 0. The smallest absolute Gasteiger partial charge is 0.110 e. The summed E-state index contributed by atoms with van der Waals surface area (Å²) in [4.78, 5) is 7.94. The largest absolute Gasteiger partial charge is 0.345 e. The maximum absolute atomic E-state index is 8.89. The molecule has 136 valence electrons. The highest BCUT2D eigenvalue weighted by atomic mass is 14.9. The summed E-state index contributed by atoms with van der Waals surface area (Å²) in [6, 6.07) is 27.1. The molecule has 0 aliphatic heterocycles. The van der Waals surface area contributed by atoms with Crippen molar-refractivity contribution < 1.29 is 0 Å². The number of H-pyrrole nitrogens is 1. The summed E-state index contributed by atoms with van der Waals surface area (Å²) in [6.07, 6.45) is 3.46. The second-order valence-corrected chi connectivity index (χ2v) is 7.08. The van der Waals surface area contributed by atoms with Crippen molar-refractivity contribution in [1.82, 2.24) is 9.97 Å². The average molecular weight is 363 g/mol. The summed E-state index contributed by atoms with van der Waals surface area (Å²) in [5.41, 5.74) is 7.89. The van der Waals surface area contributed by atoms with E-state index in [1.54, 1.807) is 0 Å². The second-order valence-electron chi connectivity index (χ2n) is 7.08. The fourth-order valence-corrected chi connectivity index (χ4v) is 3.26. The van der Waals surface area contributed by atoms with E-state index in [4.69, 9.17) is 5.26 Å². The van der Waals surface area contributed by atoms with Gasteiger partial charge in [-0.15, -0.1) is 0 Å². The van der Waals surface area contributed by atoms with Crippen molar-refractivity contribution in [2.75, 3.05) is 0 Å². The molecule has 4 aromatic rings. The quantitative estimate of drug-likeness (QED) is 0.513. The molecule has 4 rings (SSSR count). The topological polar surface area (TPSA) is 52.5 Å². The van der Waals surface area contributed by atoms with Gasteiger partial charge in [-0.3, -0.25) is 0 Å². The zero-order chi connectivity index (χ0) is 19.3. The van der Waals surface area contributed by atoms with Crippen molar-refractivity contribution >= 4 is 0 Å². The van der Waals surface area contributed by atoms with Gasteiger partial charge in [0.15, 0.2) is 0 Å². The highest BCUT2D eigenvalue weighted by molar-refractivity contribution is 5.64. The van der Waals surface area contributed by atoms with Gasteiger partial charge in [0.2, 0.25) is 0 Å². The van der Waals surface area contributed by atoms with Crippen LogP contribution < -0.4 is 0 Å². The minimum Gasteiger partial charge on any atom is -0.345 e. The molecule has 0 atom stereocenters. The van der Waals surface area contributed by atoms with Gasteiger partial charge in [0, 0.05) is 24.7 Å². The molecule has 3 aromatic carbocycles. The zero-order valence-corrected chi connectivity index (χ0v) is 15.8. The molecular weight excluding hydrogens is 342 g/mol. The number of rotatable bonds is 5. The van der Waals surface area contributed by atoms with Gasteiger partial charge in [-0.25, -0.2) is 4.98 Å². The van der Waals surface area contributed by atoms with Gasteiger partial charge < -0.3 is 4.98 Å². The van der Waals surface area contributed by atoms with Gasteiger partial charge in [0.25, 0.3) is 0 Å². The molecule has 0 saturated carbocycles. The van der Waals surface area contributed by atoms with Crippen molar-refractivity contribution in [2.45, 2.75) is 19.8 Å². The van der Waals surface area contributed by atoms with E-state index < -0.39 is 0 Å². The summed E-state index contributed by atoms with van der Waals surface area (Å²) >= 11 is 0. The van der Waals surface area contributed by atoms with Crippen molar-refractivity contribution in [3.8, 4) is 17.2 Å². The van der Waals surface area contributed by atoms with Gasteiger partial charge in [0.1, 0.15) is 5.82 Å². The van der Waals surface area contributed by atoms with Gasteiger partial charge in [-0.1, -0.05) is 66.2 Å². The summed E-state index contributed by atoms with van der Waals surface area (Å²) in [5.74, 6) is 0.965. The zero-order valence-electron chi connectivity index (χ0n) is 15.8. The van der Waals surface area contributed by atoms with E-state index in [2.05, 4.69) is 71.5 Å². The molecule has 0 saturated heterocycles. The number of nitrogens with zero attached hydrogens (tertiary/aromatic N) is 2. The van der Waals surface area contributed by atoms with Crippen LogP contribution in [0.4, 0.5) is 0 Å². The maximum Gasteiger partial charge on any atom is 0.110 e. The number of aromatic amines is 1. The van der Waals surface area contributed by atoms with Crippen molar-refractivity contribution in [3.63, 3.8) is 0 Å². The molecule has 0 fully saturated rings. The standard InChI is InChI=1S/C25H21N3/c1-18-2-10-22(11-3-18)23-12-8-20(9-13-23)15-25-27-17-24(28-25)14-19-4-6-21(16-26)7-5-19/h2-13,17H,14-15H2,1H3,(H,27,28). The monoisotopic (exact) mass is 363 g/mol. The number of hydrogen-bond acceptors (Lipinski definition) is 2. The van der Waals surface area contributed by atoms with E-state index in [-0.39, 0.29) is 0 Å². The Kier molecular flexibility index (Phi) is 5.03. The highest BCUT2D eigenvalue weighted by Crippen LogP contribution is 2.21. The summed E-state index contributed by atoms with van der Waals surface area (Å²) in [6.45, 7) is 2.10. The molecule has 0 unspecified atom stereocenters. The fraction of sp³-hybridized carbons (Fsp3) is 0.120. The third kappa shape index (κ3) is 4.19. The lowest BCUT2D eigenvalue weighted by Gasteiger charge is -2.04. The first-order valence-electron chi connectivity index (χ1n) is 9.37. The minimum absolute atomic E-state index is 0.683. The lowest BCUT2D eigenvalue weighted by molar-refractivity contribution is 1.000. The number of imidazole rings is 1. The number of nitriles is 1. The Labute approximate surface area is 165 Å². The molecule has 3 heteroatoms. The molecule has 0 aliphatic rings. The number of aryl methyl sites for hydroxylation is 1. The van der Waals surface area contributed by atoms with Crippen LogP contribution in [0.25, 0.3) is 11.1 Å². The third-order valence-electron chi connectivity index (χ3n) is 4.87. The van der Waals surface area contributed by atoms with Crippen LogP contribution in [-0.4, -0.2) is 9.97 Å². The summed E-state index contributed by atoms with van der Waals surface area (Å²) < 4.78 is 0. The summed E-state index contributed by atoms with van der Waals surface area (Å²) in [5, 5.41) is 8.89. The van der Waals surface area contributed by atoms with E-state index >= 15 is 0 Å². The Morgan fingerprint density at radius 1 is 0.786 bits per heavy atom. The molecule has 1 aromatic heterocycles. The molecule has 28 heavy (non-hydrogen) atoms. The van der Waals surface area contributed by atoms with Gasteiger partial charge in [0.05, 0.1) is 11.6 Å². The van der Waals surface area contributed by atoms with Crippen LogP contribution in [0.3, 0.4) is 0 Å². The van der Waals surface area contributed by atoms with Crippen molar-refractivity contribution in [3.05, 3.63) is 113 Å². The number of nitrogens with one attached hydrogen (secondary N) is 1. The number of hydrogen-bond donors (Lipinski definition) is 1. The minimum atomic E-state index is 0.683. The van der Waals surface area contributed by atoms with E-state index in [9.17, 15) is 0 Å². The highest BCUT2D eigenvalue weighted by Gasteiger charge is 2.05. The Balaban J connectivity index is 1.42. The molecule has 1 N–H and O–H groups in total. The van der Waals surface area contributed by atoms with E-state index in [1.165, 1.54) is 22.3 Å². The lowest BCUT2D eigenvalue weighted by Crippen LogP contribution is -1.93. The first-order valence-corrected chi connectivity index (χ1v) is 9.37. The van der Waals surface area contributed by atoms with Gasteiger partial charge >= 0.3 is 0 Å². The molecular formula is C25H21N3. The van der Waals surface area contributed by atoms with E-state index in [1.807, 2.05) is 30.5 Å². The third-order valence-corrected chi connectivity index (χ3v) is 4.87. The predicted molar refractivity (Wildman–Crippen MR) is 112 cm³/mol. The maximum atomic E-state index is 8.89. The Hall–Kier alpha value is -3.64. The number of aromatic nitrogens is 2. The lowest BCUT2D eigenvalue weighted by atomic mass is 10.0. The Morgan fingerprint density at radius 3 is 2.00 bits per heavy atom. The first kappa shape index (κ1) is 17.8. The van der Waals surface area contributed by atoms with Gasteiger partial charge in [-0.2, -0.15) is 5.26 Å². The molecule has 0 bridgehead atoms. The van der Waals surface area contributed by atoms with Crippen LogP contribution in [0.2, 0.25) is 0 Å². The van der Waals surface area contributed by atoms with E-state index in [0.717, 1.165) is 29.9 Å². The van der Waals surface area contributed by atoms with Crippen molar-refractivity contribution in [1.29, 1.82) is 5.26 Å². The molecule has 0 amide bonds. The normalized spacial score (nSPS) is 10.6. The van der Waals surface area contributed by atoms with E-state index in [0.29, 0.717) is 5.56 Å². The molecule has 0 spiro atoms. The van der Waals surface area contributed by atoms with Crippen LogP contribution in [0.5, 0.6) is 0 Å². The van der Waals surface area contributed by atoms with Crippen molar-refractivity contribution in [2.24, 2.45) is 0 Å². The predicted octanol–water partition coefficient (Wildman–Crippen LogP) is 5.44. The second kappa shape index (κ2) is 7.94. The van der Waals surface area contributed by atoms with Gasteiger partial charge in [-0.05, 0) is 41.3 Å². The SMILES string of the molecule is Cc1ccc(-c2ccc(Cc3ncc(Cc4ccc(C#N)cc4)[nH]3)cc2)cc1. The molecule has 3 nitrogen and oxygen atoms in total.